The van der Waals surface area contributed by atoms with Crippen molar-refractivity contribution in [2.45, 2.75) is 0 Å². The Balaban J connectivity index is 1.39. The van der Waals surface area contributed by atoms with Crippen LogP contribution in [0.5, 0.6) is 0 Å². The Labute approximate surface area is 179 Å². The van der Waals surface area contributed by atoms with E-state index in [1.54, 1.807) is 6.20 Å². The van der Waals surface area contributed by atoms with Gasteiger partial charge in [-0.05, 0) is 36.4 Å². The lowest BCUT2D eigenvalue weighted by Gasteiger charge is -2.28. The maximum atomic E-state index is 4.71. The molecule has 0 saturated carbocycles. The summed E-state index contributed by atoms with van der Waals surface area (Å²) in [5.74, 6) is 1.03. The molecule has 6 rings (SSSR count). The second kappa shape index (κ2) is 7.45. The number of piperazine rings is 1. The van der Waals surface area contributed by atoms with E-state index in [0.29, 0.717) is 0 Å². The number of hydrogen-bond donors (Lipinski definition) is 2. The van der Waals surface area contributed by atoms with Gasteiger partial charge in [0.15, 0.2) is 0 Å². The van der Waals surface area contributed by atoms with Gasteiger partial charge in [-0.3, -0.25) is 9.97 Å². The fourth-order valence-corrected chi connectivity index (χ4v) is 4.14. The predicted octanol–water partition coefficient (Wildman–Crippen LogP) is 3.64. The van der Waals surface area contributed by atoms with Crippen LogP contribution in [0, 0.1) is 0 Å². The first-order valence-electron chi connectivity index (χ1n) is 10.5. The van der Waals surface area contributed by atoms with Crippen molar-refractivity contribution in [3.8, 4) is 22.4 Å². The highest BCUT2D eigenvalue weighted by Crippen LogP contribution is 2.30. The summed E-state index contributed by atoms with van der Waals surface area (Å²) in [6.45, 7) is 3.98. The average Bonchev–Trinajstić information content (AvgIpc) is 3.22. The molecule has 152 valence electrons. The summed E-state index contributed by atoms with van der Waals surface area (Å²) in [6, 6.07) is 12.5. The number of pyridine rings is 4. The fraction of sp³-hybridized carbons (Fsp3) is 0.167. The minimum absolute atomic E-state index is 0.856. The van der Waals surface area contributed by atoms with E-state index in [1.807, 2.05) is 36.9 Å². The lowest BCUT2D eigenvalue weighted by Crippen LogP contribution is -2.43. The van der Waals surface area contributed by atoms with E-state index in [-0.39, 0.29) is 0 Å². The lowest BCUT2D eigenvalue weighted by atomic mass is 10.1. The SMILES string of the molecule is c1cncc(-c2cc3c(cn2)[nH]c2ncc(-c4ccc(N5CCNCC5)nc4)cc23)c1. The summed E-state index contributed by atoms with van der Waals surface area (Å²) in [5, 5.41) is 5.55. The van der Waals surface area contributed by atoms with Gasteiger partial charge in [-0.15, -0.1) is 0 Å². The molecule has 0 radical (unpaired) electrons. The van der Waals surface area contributed by atoms with Crippen LogP contribution in [0.25, 0.3) is 44.3 Å². The Kier molecular flexibility index (Phi) is 4.32. The predicted molar refractivity (Wildman–Crippen MR) is 123 cm³/mol. The van der Waals surface area contributed by atoms with Crippen LogP contribution in [0.15, 0.2) is 67.4 Å². The van der Waals surface area contributed by atoms with E-state index < -0.39 is 0 Å². The van der Waals surface area contributed by atoms with Gasteiger partial charge in [-0.25, -0.2) is 9.97 Å². The van der Waals surface area contributed by atoms with Gasteiger partial charge in [0, 0.05) is 78.4 Å². The zero-order chi connectivity index (χ0) is 20.6. The van der Waals surface area contributed by atoms with Crippen molar-refractivity contribution >= 4 is 27.8 Å². The second-order valence-electron chi connectivity index (χ2n) is 7.74. The van der Waals surface area contributed by atoms with Gasteiger partial charge >= 0.3 is 0 Å². The first-order valence-corrected chi connectivity index (χ1v) is 10.5. The number of fused-ring (bicyclic) bond motifs is 3. The highest BCUT2D eigenvalue weighted by Gasteiger charge is 2.13. The number of rotatable bonds is 3. The molecule has 5 aromatic rings. The Bertz CT molecular complexity index is 1350. The largest absolute Gasteiger partial charge is 0.354 e. The third kappa shape index (κ3) is 3.29. The average molecular weight is 407 g/mol. The smallest absolute Gasteiger partial charge is 0.138 e. The second-order valence-corrected chi connectivity index (χ2v) is 7.74. The molecule has 1 aliphatic rings. The number of nitrogens with zero attached hydrogens (tertiary/aromatic N) is 5. The first kappa shape index (κ1) is 18.0. The number of aromatic amines is 1. The van der Waals surface area contributed by atoms with Gasteiger partial charge in [0.05, 0.1) is 17.4 Å². The molecule has 0 atom stereocenters. The number of anilines is 1. The molecular formula is C24H21N7. The highest BCUT2D eigenvalue weighted by atomic mass is 15.2. The molecule has 0 bridgehead atoms. The fourth-order valence-electron chi connectivity index (χ4n) is 4.14. The van der Waals surface area contributed by atoms with Crippen LogP contribution in [-0.2, 0) is 0 Å². The van der Waals surface area contributed by atoms with Crippen LogP contribution < -0.4 is 10.2 Å². The van der Waals surface area contributed by atoms with Gasteiger partial charge < -0.3 is 15.2 Å². The standard InChI is InChI=1S/C24H21N7/c1-2-17(12-26-5-1)21-11-19-20-10-18(14-29-24(20)30-22(19)15-27-21)16-3-4-23(28-13-16)31-8-6-25-7-9-31/h1-5,10-15,25H,6-9H2,(H,29,30). The van der Waals surface area contributed by atoms with E-state index in [1.165, 1.54) is 0 Å². The molecule has 0 aromatic carbocycles. The van der Waals surface area contributed by atoms with Gasteiger partial charge in [-0.2, -0.15) is 0 Å². The van der Waals surface area contributed by atoms with Gasteiger partial charge in [-0.1, -0.05) is 0 Å². The van der Waals surface area contributed by atoms with E-state index >= 15 is 0 Å². The van der Waals surface area contributed by atoms with Crippen LogP contribution in [-0.4, -0.2) is 51.1 Å². The van der Waals surface area contributed by atoms with E-state index in [2.05, 4.69) is 54.4 Å². The number of hydrogen-bond acceptors (Lipinski definition) is 6. The molecule has 1 fully saturated rings. The zero-order valence-electron chi connectivity index (χ0n) is 16.9. The molecule has 0 spiro atoms. The normalized spacial score (nSPS) is 14.4. The third-order valence-electron chi connectivity index (χ3n) is 5.81. The van der Waals surface area contributed by atoms with Crippen LogP contribution in [0.4, 0.5) is 5.82 Å². The maximum Gasteiger partial charge on any atom is 0.138 e. The molecule has 1 saturated heterocycles. The quantitative estimate of drug-likeness (QED) is 0.475. The molecule has 6 heterocycles. The molecule has 31 heavy (non-hydrogen) atoms. The van der Waals surface area contributed by atoms with Crippen LogP contribution in [0.3, 0.4) is 0 Å². The summed E-state index contributed by atoms with van der Waals surface area (Å²) in [5.41, 5.74) is 5.83. The third-order valence-corrected chi connectivity index (χ3v) is 5.81. The Morgan fingerprint density at radius 3 is 2.48 bits per heavy atom. The Morgan fingerprint density at radius 1 is 0.774 bits per heavy atom. The number of H-pyrrole nitrogens is 1. The van der Waals surface area contributed by atoms with Crippen molar-refractivity contribution in [2.75, 3.05) is 31.1 Å². The summed E-state index contributed by atoms with van der Waals surface area (Å²) in [4.78, 5) is 23.9. The topological polar surface area (TPSA) is 82.6 Å². The van der Waals surface area contributed by atoms with Crippen LogP contribution in [0.1, 0.15) is 0 Å². The highest BCUT2D eigenvalue weighted by molar-refractivity contribution is 6.07. The molecule has 0 aliphatic carbocycles. The molecule has 0 unspecified atom stereocenters. The molecule has 7 heteroatoms. The van der Waals surface area contributed by atoms with Gasteiger partial charge in [0.2, 0.25) is 0 Å². The number of nitrogens with one attached hydrogen (secondary N) is 2. The van der Waals surface area contributed by atoms with E-state index in [4.69, 9.17) is 4.98 Å². The van der Waals surface area contributed by atoms with Crippen LogP contribution >= 0.6 is 0 Å². The zero-order valence-corrected chi connectivity index (χ0v) is 16.9. The van der Waals surface area contributed by atoms with Crippen LogP contribution in [0.2, 0.25) is 0 Å². The monoisotopic (exact) mass is 407 g/mol. The summed E-state index contributed by atoms with van der Waals surface area (Å²) >= 11 is 0. The summed E-state index contributed by atoms with van der Waals surface area (Å²) < 4.78 is 0. The van der Waals surface area contributed by atoms with Crippen molar-refractivity contribution in [2.24, 2.45) is 0 Å². The molecular weight excluding hydrogens is 386 g/mol. The summed E-state index contributed by atoms with van der Waals surface area (Å²) in [7, 11) is 0. The Hall–Kier alpha value is -3.84. The van der Waals surface area contributed by atoms with Crippen molar-refractivity contribution in [3.63, 3.8) is 0 Å². The van der Waals surface area contributed by atoms with Crippen molar-refractivity contribution in [1.29, 1.82) is 0 Å². The van der Waals surface area contributed by atoms with Crippen molar-refractivity contribution < 1.29 is 0 Å². The minimum atomic E-state index is 0.856. The molecule has 1 aliphatic heterocycles. The van der Waals surface area contributed by atoms with Crippen molar-refractivity contribution in [3.05, 3.63) is 67.4 Å². The van der Waals surface area contributed by atoms with Crippen molar-refractivity contribution in [1.82, 2.24) is 30.2 Å². The minimum Gasteiger partial charge on any atom is -0.354 e. The van der Waals surface area contributed by atoms with E-state index in [9.17, 15) is 0 Å². The Morgan fingerprint density at radius 2 is 1.68 bits per heavy atom. The van der Waals surface area contributed by atoms with Gasteiger partial charge in [0.1, 0.15) is 11.5 Å². The molecule has 2 N–H and O–H groups in total. The number of aromatic nitrogens is 5. The lowest BCUT2D eigenvalue weighted by molar-refractivity contribution is 0.585. The first-order chi connectivity index (χ1) is 15.3. The molecule has 0 amide bonds. The molecule has 7 nitrogen and oxygen atoms in total. The summed E-state index contributed by atoms with van der Waals surface area (Å²) in [6.07, 6.45) is 9.30. The maximum absolute atomic E-state index is 4.71. The van der Waals surface area contributed by atoms with Gasteiger partial charge in [0.25, 0.3) is 0 Å². The molecule has 5 aromatic heterocycles. The van der Waals surface area contributed by atoms with E-state index in [0.717, 1.165) is 76.3 Å².